The molecule has 160 valence electrons. The summed E-state index contributed by atoms with van der Waals surface area (Å²) in [4.78, 5) is 12.7. The summed E-state index contributed by atoms with van der Waals surface area (Å²) in [6.07, 6.45) is 2.16. The van der Waals surface area contributed by atoms with Gasteiger partial charge in [0, 0.05) is 17.4 Å². The van der Waals surface area contributed by atoms with Gasteiger partial charge in [0.1, 0.15) is 13.2 Å². The van der Waals surface area contributed by atoms with E-state index < -0.39 is 10.0 Å². The van der Waals surface area contributed by atoms with E-state index in [1.54, 1.807) is 12.1 Å². The number of ether oxygens (including phenoxy) is 2. The van der Waals surface area contributed by atoms with Crippen LogP contribution in [0.2, 0.25) is 0 Å². The molecular formula is C21H23BrN2O5S. The molecule has 1 atom stereocenters. The molecule has 1 amide bonds. The third kappa shape index (κ3) is 5.14. The van der Waals surface area contributed by atoms with Gasteiger partial charge in [0.05, 0.1) is 10.9 Å². The van der Waals surface area contributed by atoms with Crippen LogP contribution < -0.4 is 19.5 Å². The summed E-state index contributed by atoms with van der Waals surface area (Å²) in [5, 5.41) is 3.06. The third-order valence-electron chi connectivity index (χ3n) is 5.10. The second-order valence-corrected chi connectivity index (χ2v) is 10.1. The van der Waals surface area contributed by atoms with E-state index >= 15 is 0 Å². The van der Waals surface area contributed by atoms with E-state index in [0.717, 1.165) is 22.9 Å². The van der Waals surface area contributed by atoms with Gasteiger partial charge in [-0.3, -0.25) is 4.79 Å². The summed E-state index contributed by atoms with van der Waals surface area (Å²) in [6.45, 7) is 1.07. The number of benzene rings is 2. The van der Waals surface area contributed by atoms with E-state index in [1.165, 1.54) is 12.1 Å². The zero-order valence-electron chi connectivity index (χ0n) is 16.3. The number of carbonyl (C=O) groups is 1. The van der Waals surface area contributed by atoms with E-state index in [0.29, 0.717) is 30.6 Å². The van der Waals surface area contributed by atoms with Gasteiger partial charge in [-0.2, -0.15) is 0 Å². The lowest BCUT2D eigenvalue weighted by molar-refractivity contribution is -0.121. The molecule has 2 aromatic rings. The molecule has 2 aromatic carbocycles. The van der Waals surface area contributed by atoms with Crippen LogP contribution in [-0.2, 0) is 14.8 Å². The Morgan fingerprint density at radius 1 is 1.07 bits per heavy atom. The molecule has 0 aromatic heterocycles. The smallest absolute Gasteiger partial charge is 0.240 e. The maximum atomic E-state index is 12.5. The van der Waals surface area contributed by atoms with E-state index in [1.807, 2.05) is 18.2 Å². The lowest BCUT2D eigenvalue weighted by Gasteiger charge is -2.23. The number of carbonyl (C=O) groups excluding carboxylic acids is 1. The molecule has 0 radical (unpaired) electrons. The van der Waals surface area contributed by atoms with Crippen LogP contribution in [0.15, 0.2) is 51.8 Å². The highest BCUT2D eigenvalue weighted by Gasteiger charge is 2.34. The summed E-state index contributed by atoms with van der Waals surface area (Å²) >= 11 is 3.28. The second kappa shape index (κ2) is 8.95. The number of nitrogens with one attached hydrogen (secondary N) is 2. The number of amides is 1. The maximum Gasteiger partial charge on any atom is 0.240 e. The van der Waals surface area contributed by atoms with Gasteiger partial charge in [0.2, 0.25) is 15.9 Å². The van der Waals surface area contributed by atoms with Gasteiger partial charge < -0.3 is 14.8 Å². The number of hydrogen-bond acceptors (Lipinski definition) is 5. The molecule has 7 nitrogen and oxygen atoms in total. The Morgan fingerprint density at radius 3 is 2.47 bits per heavy atom. The summed E-state index contributed by atoms with van der Waals surface area (Å²) < 4.78 is 39.2. The minimum Gasteiger partial charge on any atom is -0.486 e. The SMILES string of the molecule is O=C(CCNS(=O)(=O)c1ccc(Br)cc1)NC(c1ccc2c(c1)OCCO2)C1CC1. The van der Waals surface area contributed by atoms with E-state index in [2.05, 4.69) is 26.0 Å². The predicted octanol–water partition coefficient (Wildman–Crippen LogP) is 3.16. The zero-order chi connectivity index (χ0) is 21.1. The monoisotopic (exact) mass is 494 g/mol. The van der Waals surface area contributed by atoms with Crippen molar-refractivity contribution in [2.75, 3.05) is 19.8 Å². The number of halogens is 1. The maximum absolute atomic E-state index is 12.5. The zero-order valence-corrected chi connectivity index (χ0v) is 18.7. The Hall–Kier alpha value is -2.10. The van der Waals surface area contributed by atoms with Gasteiger partial charge in [0.25, 0.3) is 0 Å². The highest BCUT2D eigenvalue weighted by atomic mass is 79.9. The van der Waals surface area contributed by atoms with Crippen molar-refractivity contribution in [3.05, 3.63) is 52.5 Å². The molecule has 1 unspecified atom stereocenters. The van der Waals surface area contributed by atoms with Crippen molar-refractivity contribution in [2.45, 2.75) is 30.2 Å². The van der Waals surface area contributed by atoms with Crippen molar-refractivity contribution in [1.82, 2.24) is 10.0 Å². The van der Waals surface area contributed by atoms with Crippen LogP contribution in [0.4, 0.5) is 0 Å². The minimum absolute atomic E-state index is 0.0305. The molecule has 2 aliphatic rings. The summed E-state index contributed by atoms with van der Waals surface area (Å²) in [5.41, 5.74) is 0.977. The van der Waals surface area contributed by atoms with Gasteiger partial charge in [0.15, 0.2) is 11.5 Å². The molecule has 0 saturated heterocycles. The van der Waals surface area contributed by atoms with Gasteiger partial charge in [-0.05, 0) is 60.7 Å². The fourth-order valence-corrected chi connectivity index (χ4v) is 4.69. The van der Waals surface area contributed by atoms with Crippen molar-refractivity contribution in [3.63, 3.8) is 0 Å². The molecule has 0 bridgehead atoms. The average Bonchev–Trinajstić information content (AvgIpc) is 3.57. The molecular weight excluding hydrogens is 472 g/mol. The van der Waals surface area contributed by atoms with E-state index in [-0.39, 0.29) is 29.8 Å². The quantitative estimate of drug-likeness (QED) is 0.587. The number of fused-ring (bicyclic) bond motifs is 1. The van der Waals surface area contributed by atoms with Crippen LogP contribution in [0.5, 0.6) is 11.5 Å². The van der Waals surface area contributed by atoms with Gasteiger partial charge in [-0.1, -0.05) is 22.0 Å². The van der Waals surface area contributed by atoms with Crippen LogP contribution in [0.1, 0.15) is 30.9 Å². The van der Waals surface area contributed by atoms with Gasteiger partial charge >= 0.3 is 0 Å². The van der Waals surface area contributed by atoms with Gasteiger partial charge in [-0.15, -0.1) is 0 Å². The first-order valence-electron chi connectivity index (χ1n) is 9.86. The molecule has 1 aliphatic heterocycles. The van der Waals surface area contributed by atoms with Crippen molar-refractivity contribution < 1.29 is 22.7 Å². The van der Waals surface area contributed by atoms with Crippen LogP contribution >= 0.6 is 15.9 Å². The molecule has 1 heterocycles. The molecule has 30 heavy (non-hydrogen) atoms. The van der Waals surface area contributed by atoms with Crippen LogP contribution in [0, 0.1) is 5.92 Å². The molecule has 1 aliphatic carbocycles. The molecule has 1 fully saturated rings. The van der Waals surface area contributed by atoms with Crippen LogP contribution in [0.25, 0.3) is 0 Å². The predicted molar refractivity (Wildman–Crippen MR) is 115 cm³/mol. The lowest BCUT2D eigenvalue weighted by atomic mass is 10.0. The van der Waals surface area contributed by atoms with Crippen molar-refractivity contribution in [1.29, 1.82) is 0 Å². The molecule has 4 rings (SSSR count). The summed E-state index contributed by atoms with van der Waals surface area (Å²) in [5.74, 6) is 1.60. The van der Waals surface area contributed by atoms with E-state index in [4.69, 9.17) is 9.47 Å². The molecule has 9 heteroatoms. The standard InChI is InChI=1S/C21H23BrN2O5S/c22-16-4-6-17(7-5-16)30(26,27)23-10-9-20(25)24-21(14-1-2-14)15-3-8-18-19(13-15)29-12-11-28-18/h3-8,13-14,21,23H,1-2,9-12H2,(H,24,25). The second-order valence-electron chi connectivity index (χ2n) is 7.39. The number of sulfonamides is 1. The minimum atomic E-state index is -3.65. The Balaban J connectivity index is 1.34. The average molecular weight is 495 g/mol. The van der Waals surface area contributed by atoms with E-state index in [9.17, 15) is 13.2 Å². The van der Waals surface area contributed by atoms with Crippen molar-refractivity contribution in [2.24, 2.45) is 5.92 Å². The first-order chi connectivity index (χ1) is 14.4. The highest BCUT2D eigenvalue weighted by molar-refractivity contribution is 9.10. The fourth-order valence-electron chi connectivity index (χ4n) is 3.40. The Kier molecular flexibility index (Phi) is 6.31. The summed E-state index contributed by atoms with van der Waals surface area (Å²) in [6, 6.07) is 12.0. The fraction of sp³-hybridized carbons (Fsp3) is 0.381. The Morgan fingerprint density at radius 2 is 1.77 bits per heavy atom. The third-order valence-corrected chi connectivity index (χ3v) is 7.11. The first kappa shape index (κ1) is 21.1. The normalized spacial score (nSPS) is 16.7. The van der Waals surface area contributed by atoms with Crippen molar-refractivity contribution >= 4 is 31.9 Å². The van der Waals surface area contributed by atoms with Gasteiger partial charge in [-0.25, -0.2) is 13.1 Å². The van der Waals surface area contributed by atoms with Crippen LogP contribution in [0.3, 0.4) is 0 Å². The topological polar surface area (TPSA) is 93.7 Å². The highest BCUT2D eigenvalue weighted by Crippen LogP contribution is 2.43. The van der Waals surface area contributed by atoms with Crippen LogP contribution in [-0.4, -0.2) is 34.1 Å². The molecule has 1 saturated carbocycles. The lowest BCUT2D eigenvalue weighted by Crippen LogP contribution is -2.33. The first-order valence-corrected chi connectivity index (χ1v) is 12.1. The molecule has 2 N–H and O–H groups in total. The van der Waals surface area contributed by atoms with Crippen molar-refractivity contribution in [3.8, 4) is 11.5 Å². The number of hydrogen-bond donors (Lipinski definition) is 2. The summed E-state index contributed by atoms with van der Waals surface area (Å²) in [7, 11) is -3.65. The Labute approximate surface area is 184 Å². The molecule has 0 spiro atoms. The largest absolute Gasteiger partial charge is 0.486 e. The Bertz CT molecular complexity index is 1020. The number of rotatable bonds is 8.